The number of aromatic nitrogens is 1. The SMILES string of the molecule is Cc1ccc(NC(=O)C(C)C)cc1NC(=O)c1cc2c([nH]c1=O)CC(C)(C)CC2=O. The Labute approximate surface area is 175 Å². The lowest BCUT2D eigenvalue weighted by Gasteiger charge is -2.29. The molecule has 1 aliphatic rings. The van der Waals surface area contributed by atoms with Crippen LogP contribution in [0.15, 0.2) is 29.1 Å². The Kier molecular flexibility index (Phi) is 5.65. The number of benzene rings is 1. The zero-order valence-corrected chi connectivity index (χ0v) is 17.9. The van der Waals surface area contributed by atoms with Gasteiger partial charge in [-0.2, -0.15) is 0 Å². The first-order valence-electron chi connectivity index (χ1n) is 9.99. The molecule has 0 radical (unpaired) electrons. The molecule has 0 aliphatic heterocycles. The number of pyridine rings is 1. The van der Waals surface area contributed by atoms with Gasteiger partial charge < -0.3 is 15.6 Å². The quantitative estimate of drug-likeness (QED) is 0.716. The molecule has 7 nitrogen and oxygen atoms in total. The molecule has 0 saturated carbocycles. The zero-order valence-electron chi connectivity index (χ0n) is 17.9. The highest BCUT2D eigenvalue weighted by Gasteiger charge is 2.32. The van der Waals surface area contributed by atoms with Crippen molar-refractivity contribution < 1.29 is 14.4 Å². The zero-order chi connectivity index (χ0) is 22.2. The molecule has 2 amide bonds. The van der Waals surface area contributed by atoms with Gasteiger partial charge in [-0.05, 0) is 42.5 Å². The number of Topliss-reactive ketones (excluding diaryl/α,β-unsaturated/α-hetero) is 1. The summed E-state index contributed by atoms with van der Waals surface area (Å²) in [7, 11) is 0. The maximum atomic E-state index is 12.8. The van der Waals surface area contributed by atoms with Gasteiger partial charge >= 0.3 is 0 Å². The van der Waals surface area contributed by atoms with Crippen LogP contribution in [0.5, 0.6) is 0 Å². The molecule has 0 unspecified atom stereocenters. The molecule has 0 spiro atoms. The predicted octanol–water partition coefficient (Wildman–Crippen LogP) is 3.69. The minimum atomic E-state index is -0.605. The van der Waals surface area contributed by atoms with Gasteiger partial charge in [0.05, 0.1) is 0 Å². The summed E-state index contributed by atoms with van der Waals surface area (Å²) in [4.78, 5) is 52.5. The lowest BCUT2D eigenvalue weighted by Crippen LogP contribution is -2.32. The Balaban J connectivity index is 1.88. The van der Waals surface area contributed by atoms with Crippen molar-refractivity contribution >= 4 is 29.0 Å². The van der Waals surface area contributed by atoms with Crippen molar-refractivity contribution in [2.75, 3.05) is 10.6 Å². The summed E-state index contributed by atoms with van der Waals surface area (Å²) in [5.41, 5.74) is 1.91. The maximum absolute atomic E-state index is 12.8. The van der Waals surface area contributed by atoms with Crippen LogP contribution in [0, 0.1) is 18.3 Å². The van der Waals surface area contributed by atoms with Gasteiger partial charge in [-0.1, -0.05) is 33.8 Å². The molecule has 158 valence electrons. The molecule has 0 fully saturated rings. The fraction of sp³-hybridized carbons (Fsp3) is 0.391. The third-order valence-electron chi connectivity index (χ3n) is 5.24. The molecular weight excluding hydrogens is 382 g/mol. The molecule has 0 saturated heterocycles. The summed E-state index contributed by atoms with van der Waals surface area (Å²) in [6.07, 6.45) is 0.936. The minimum Gasteiger partial charge on any atom is -0.326 e. The number of rotatable bonds is 4. The average molecular weight is 409 g/mol. The number of carbonyl (C=O) groups is 3. The molecule has 0 bridgehead atoms. The number of ketones is 1. The van der Waals surface area contributed by atoms with E-state index in [2.05, 4.69) is 15.6 Å². The largest absolute Gasteiger partial charge is 0.326 e. The number of aryl methyl sites for hydroxylation is 1. The molecule has 30 heavy (non-hydrogen) atoms. The van der Waals surface area contributed by atoms with E-state index in [1.165, 1.54) is 6.07 Å². The van der Waals surface area contributed by atoms with Crippen LogP contribution in [0.25, 0.3) is 0 Å². The van der Waals surface area contributed by atoms with Crippen LogP contribution in [0.1, 0.15) is 66.1 Å². The second-order valence-corrected chi connectivity index (χ2v) is 8.97. The van der Waals surface area contributed by atoms with Crippen LogP contribution in [-0.2, 0) is 11.2 Å². The molecule has 0 atom stereocenters. The highest BCUT2D eigenvalue weighted by Crippen LogP contribution is 2.33. The van der Waals surface area contributed by atoms with Gasteiger partial charge in [-0.25, -0.2) is 0 Å². The number of aromatic amines is 1. The minimum absolute atomic E-state index is 0.0823. The molecule has 1 heterocycles. The Morgan fingerprint density at radius 1 is 1.07 bits per heavy atom. The van der Waals surface area contributed by atoms with Crippen molar-refractivity contribution in [1.82, 2.24) is 4.98 Å². The third kappa shape index (κ3) is 4.50. The van der Waals surface area contributed by atoms with E-state index >= 15 is 0 Å². The number of H-pyrrole nitrogens is 1. The van der Waals surface area contributed by atoms with Gasteiger partial charge in [-0.15, -0.1) is 0 Å². The Morgan fingerprint density at radius 2 is 1.77 bits per heavy atom. The number of fused-ring (bicyclic) bond motifs is 1. The molecule has 3 N–H and O–H groups in total. The third-order valence-corrected chi connectivity index (χ3v) is 5.24. The van der Waals surface area contributed by atoms with Crippen molar-refractivity contribution in [2.24, 2.45) is 11.3 Å². The predicted molar refractivity (Wildman–Crippen MR) is 116 cm³/mol. The fourth-order valence-electron chi connectivity index (χ4n) is 3.51. The molecule has 2 aromatic rings. The topological polar surface area (TPSA) is 108 Å². The first-order chi connectivity index (χ1) is 14.0. The van der Waals surface area contributed by atoms with E-state index in [1.807, 2.05) is 20.8 Å². The van der Waals surface area contributed by atoms with E-state index in [1.54, 1.807) is 32.0 Å². The van der Waals surface area contributed by atoms with Gasteiger partial charge in [-0.3, -0.25) is 19.2 Å². The van der Waals surface area contributed by atoms with Crippen LogP contribution in [-0.4, -0.2) is 22.6 Å². The van der Waals surface area contributed by atoms with E-state index in [0.717, 1.165) is 5.56 Å². The number of nitrogens with one attached hydrogen (secondary N) is 3. The standard InChI is InChI=1S/C23H27N3O4/c1-12(2)20(28)24-14-7-6-13(3)17(8-14)25-21(29)16-9-15-18(26-22(16)30)10-23(4,5)11-19(15)27/h6-9,12H,10-11H2,1-5H3,(H,24,28)(H,25,29)(H,26,30). The normalized spacial score (nSPS) is 14.9. The second kappa shape index (κ2) is 7.89. The van der Waals surface area contributed by atoms with Crippen LogP contribution in [0.2, 0.25) is 0 Å². The number of amides is 2. The summed E-state index contributed by atoms with van der Waals surface area (Å²) >= 11 is 0. The average Bonchev–Trinajstić information content (AvgIpc) is 2.62. The number of hydrogen-bond acceptors (Lipinski definition) is 4. The molecule has 7 heteroatoms. The van der Waals surface area contributed by atoms with Crippen LogP contribution >= 0.6 is 0 Å². The fourth-order valence-corrected chi connectivity index (χ4v) is 3.51. The van der Waals surface area contributed by atoms with E-state index in [9.17, 15) is 19.2 Å². The van der Waals surface area contributed by atoms with Crippen molar-refractivity contribution in [3.05, 3.63) is 57.0 Å². The van der Waals surface area contributed by atoms with E-state index in [-0.39, 0.29) is 28.6 Å². The lowest BCUT2D eigenvalue weighted by atomic mass is 9.75. The number of anilines is 2. The van der Waals surface area contributed by atoms with Crippen LogP contribution < -0.4 is 16.2 Å². The highest BCUT2D eigenvalue weighted by molar-refractivity contribution is 6.07. The van der Waals surface area contributed by atoms with E-state index in [4.69, 9.17) is 0 Å². The summed E-state index contributed by atoms with van der Waals surface area (Å²) in [6.45, 7) is 9.33. The first-order valence-corrected chi connectivity index (χ1v) is 9.99. The summed E-state index contributed by atoms with van der Waals surface area (Å²) in [5.74, 6) is -1.00. The summed E-state index contributed by atoms with van der Waals surface area (Å²) in [6, 6.07) is 6.56. The molecule has 1 aromatic carbocycles. The monoisotopic (exact) mass is 409 g/mol. The Bertz CT molecular complexity index is 1100. The first kappa shape index (κ1) is 21.5. The van der Waals surface area contributed by atoms with E-state index in [0.29, 0.717) is 35.5 Å². The molecular formula is C23H27N3O4. The summed E-state index contributed by atoms with van der Waals surface area (Å²) in [5, 5.41) is 5.51. The van der Waals surface area contributed by atoms with Crippen molar-refractivity contribution in [2.45, 2.75) is 47.5 Å². The van der Waals surface area contributed by atoms with Crippen LogP contribution in [0.4, 0.5) is 11.4 Å². The number of carbonyl (C=O) groups excluding carboxylic acids is 3. The second-order valence-electron chi connectivity index (χ2n) is 8.97. The van der Waals surface area contributed by atoms with Gasteiger partial charge in [0.2, 0.25) is 5.91 Å². The highest BCUT2D eigenvalue weighted by atomic mass is 16.2. The smallest absolute Gasteiger partial charge is 0.261 e. The van der Waals surface area contributed by atoms with Gasteiger partial charge in [0.25, 0.3) is 11.5 Å². The van der Waals surface area contributed by atoms with Crippen molar-refractivity contribution in [3.8, 4) is 0 Å². The molecule has 1 aliphatic carbocycles. The van der Waals surface area contributed by atoms with Crippen molar-refractivity contribution in [1.29, 1.82) is 0 Å². The van der Waals surface area contributed by atoms with Crippen LogP contribution in [0.3, 0.4) is 0 Å². The van der Waals surface area contributed by atoms with Gasteiger partial charge in [0, 0.05) is 35.0 Å². The molecule has 3 rings (SSSR count). The maximum Gasteiger partial charge on any atom is 0.261 e. The summed E-state index contributed by atoms with van der Waals surface area (Å²) < 4.78 is 0. The number of hydrogen-bond donors (Lipinski definition) is 3. The van der Waals surface area contributed by atoms with E-state index < -0.39 is 11.5 Å². The van der Waals surface area contributed by atoms with Gasteiger partial charge in [0.15, 0.2) is 5.78 Å². The Hall–Kier alpha value is -3.22. The molecule has 1 aromatic heterocycles. The Morgan fingerprint density at radius 3 is 2.43 bits per heavy atom. The van der Waals surface area contributed by atoms with Gasteiger partial charge in [0.1, 0.15) is 5.56 Å². The van der Waals surface area contributed by atoms with Crippen molar-refractivity contribution in [3.63, 3.8) is 0 Å². The lowest BCUT2D eigenvalue weighted by molar-refractivity contribution is -0.118.